The molecule has 6 heteroatoms. The van der Waals surface area contributed by atoms with Crippen LogP contribution in [0.5, 0.6) is 5.75 Å². The van der Waals surface area contributed by atoms with Gasteiger partial charge in [-0.1, -0.05) is 35.5 Å². The monoisotopic (exact) mass is 358 g/mol. The van der Waals surface area contributed by atoms with Crippen molar-refractivity contribution in [3.63, 3.8) is 0 Å². The fourth-order valence-corrected chi connectivity index (χ4v) is 4.06. The highest BCUT2D eigenvalue weighted by molar-refractivity contribution is 6.02. The van der Waals surface area contributed by atoms with Crippen LogP contribution in [0.25, 0.3) is 0 Å². The maximum absolute atomic E-state index is 12.5. The first-order chi connectivity index (χ1) is 12.3. The van der Waals surface area contributed by atoms with Crippen LogP contribution >= 0.6 is 0 Å². The maximum atomic E-state index is 12.5. The Labute approximate surface area is 151 Å². The quantitative estimate of drug-likeness (QED) is 0.808. The van der Waals surface area contributed by atoms with E-state index >= 15 is 0 Å². The Kier molecular flexibility index (Phi) is 3.68. The van der Waals surface area contributed by atoms with Gasteiger partial charge in [-0.2, -0.15) is 8.78 Å². The molecular weight excluding hydrogens is 338 g/mol. The largest absolute Gasteiger partial charge is 0.435 e. The molecule has 2 heterocycles. The Morgan fingerprint density at radius 3 is 2.65 bits per heavy atom. The van der Waals surface area contributed by atoms with Gasteiger partial charge < -0.3 is 14.5 Å². The van der Waals surface area contributed by atoms with E-state index in [2.05, 4.69) is 40.8 Å². The molecular formula is C20H20F2N2O2. The number of alkyl halides is 2. The van der Waals surface area contributed by atoms with E-state index in [1.54, 1.807) is 12.1 Å². The van der Waals surface area contributed by atoms with Gasteiger partial charge >= 0.3 is 6.61 Å². The molecule has 2 aromatic rings. The number of anilines is 1. The molecule has 0 bridgehead atoms. The molecule has 0 amide bonds. The first-order valence-corrected chi connectivity index (χ1v) is 8.49. The number of likely N-dealkylation sites (N-methyl/N-ethyl adjacent to an activating group) is 1. The summed E-state index contributed by atoms with van der Waals surface area (Å²) in [6.45, 7) is 1.43. The highest BCUT2D eigenvalue weighted by atomic mass is 19.3. The molecule has 1 atom stereocenters. The number of halogens is 2. The Bertz CT molecular complexity index is 882. The smallest absolute Gasteiger partial charge is 0.387 e. The lowest BCUT2D eigenvalue weighted by atomic mass is 9.75. The van der Waals surface area contributed by atoms with Crippen LogP contribution in [0.15, 0.2) is 53.7 Å². The zero-order valence-corrected chi connectivity index (χ0v) is 14.9. The van der Waals surface area contributed by atoms with Gasteiger partial charge in [-0.25, -0.2) is 0 Å². The molecule has 0 N–H and O–H groups in total. The number of para-hydroxylation sites is 1. The highest BCUT2D eigenvalue weighted by Crippen LogP contribution is 2.55. The predicted octanol–water partition coefficient (Wildman–Crippen LogP) is 4.54. The molecule has 26 heavy (non-hydrogen) atoms. The summed E-state index contributed by atoms with van der Waals surface area (Å²) in [4.78, 5) is 8.15. The number of nitrogens with zero attached hydrogens (tertiary/aromatic N) is 2. The Morgan fingerprint density at radius 1 is 1.15 bits per heavy atom. The van der Waals surface area contributed by atoms with Gasteiger partial charge in [0.05, 0.1) is 17.5 Å². The lowest BCUT2D eigenvalue weighted by Gasteiger charge is -2.40. The molecule has 0 radical (unpaired) electrons. The fourth-order valence-electron chi connectivity index (χ4n) is 4.06. The van der Waals surface area contributed by atoms with Gasteiger partial charge in [-0.05, 0) is 37.6 Å². The number of benzene rings is 2. The standard InChI is InChI=1S/C20H20F2N2O2/c1-19(2)15-9-4-5-10-17(15)24(3)20(19)12-16(23-26-20)13-7-6-8-14(11-13)25-18(21)22/h4-11,18H,12H2,1-3H3. The van der Waals surface area contributed by atoms with E-state index in [1.807, 2.05) is 25.2 Å². The van der Waals surface area contributed by atoms with Gasteiger partial charge in [0.1, 0.15) is 5.75 Å². The van der Waals surface area contributed by atoms with E-state index in [0.29, 0.717) is 6.42 Å². The Hall–Kier alpha value is -2.63. The van der Waals surface area contributed by atoms with Gasteiger partial charge in [-0.3, -0.25) is 0 Å². The molecule has 4 rings (SSSR count). The van der Waals surface area contributed by atoms with Crippen LogP contribution in [0.4, 0.5) is 14.5 Å². The number of rotatable bonds is 3. The summed E-state index contributed by atoms with van der Waals surface area (Å²) in [6.07, 6.45) is 0.545. The molecule has 2 aliphatic heterocycles. The number of oxime groups is 1. The zero-order chi connectivity index (χ0) is 18.5. The molecule has 0 saturated carbocycles. The second-order valence-electron chi connectivity index (χ2n) is 7.20. The van der Waals surface area contributed by atoms with Gasteiger partial charge in [-0.15, -0.1) is 0 Å². The van der Waals surface area contributed by atoms with E-state index in [-0.39, 0.29) is 11.2 Å². The normalized spacial score (nSPS) is 23.2. The van der Waals surface area contributed by atoms with Gasteiger partial charge in [0, 0.05) is 18.3 Å². The Balaban J connectivity index is 1.66. The average Bonchev–Trinajstić information content (AvgIpc) is 3.13. The number of fused-ring (bicyclic) bond motifs is 1. The molecule has 0 aromatic heterocycles. The minimum Gasteiger partial charge on any atom is -0.435 e. The summed E-state index contributed by atoms with van der Waals surface area (Å²) in [7, 11) is 2.00. The van der Waals surface area contributed by atoms with Crippen LogP contribution in [-0.4, -0.2) is 25.1 Å². The molecule has 4 nitrogen and oxygen atoms in total. The van der Waals surface area contributed by atoms with Crippen LogP contribution in [0, 0.1) is 0 Å². The average molecular weight is 358 g/mol. The number of hydrogen-bond acceptors (Lipinski definition) is 4. The third-order valence-electron chi connectivity index (χ3n) is 5.56. The second-order valence-corrected chi connectivity index (χ2v) is 7.20. The molecule has 2 aromatic carbocycles. The van der Waals surface area contributed by atoms with E-state index in [4.69, 9.17) is 4.84 Å². The summed E-state index contributed by atoms with van der Waals surface area (Å²) >= 11 is 0. The van der Waals surface area contributed by atoms with Gasteiger partial charge in [0.25, 0.3) is 0 Å². The van der Waals surface area contributed by atoms with Crippen LogP contribution < -0.4 is 9.64 Å². The molecule has 2 aliphatic rings. The lowest BCUT2D eigenvalue weighted by Crippen LogP contribution is -2.54. The summed E-state index contributed by atoms with van der Waals surface area (Å²) in [6, 6.07) is 14.8. The van der Waals surface area contributed by atoms with Crippen molar-refractivity contribution >= 4 is 11.4 Å². The van der Waals surface area contributed by atoms with E-state index < -0.39 is 12.3 Å². The number of hydrogen-bond donors (Lipinski definition) is 0. The summed E-state index contributed by atoms with van der Waals surface area (Å²) in [5.41, 5.74) is 2.82. The number of ether oxygens (including phenoxy) is 1. The maximum Gasteiger partial charge on any atom is 0.387 e. The fraction of sp³-hybridized carbons (Fsp3) is 0.350. The summed E-state index contributed by atoms with van der Waals surface area (Å²) in [5.74, 6) is 0.114. The van der Waals surface area contributed by atoms with Crippen molar-refractivity contribution in [2.45, 2.75) is 38.0 Å². The van der Waals surface area contributed by atoms with Crippen molar-refractivity contribution in [3.05, 3.63) is 59.7 Å². The van der Waals surface area contributed by atoms with Gasteiger partial charge in [0.2, 0.25) is 5.72 Å². The van der Waals surface area contributed by atoms with Crippen molar-refractivity contribution < 1.29 is 18.4 Å². The molecule has 0 fully saturated rings. The third kappa shape index (κ3) is 2.28. The topological polar surface area (TPSA) is 34.1 Å². The molecule has 1 unspecified atom stereocenters. The van der Waals surface area contributed by atoms with E-state index in [9.17, 15) is 8.78 Å². The first-order valence-electron chi connectivity index (χ1n) is 8.49. The van der Waals surface area contributed by atoms with Crippen LogP contribution in [0.1, 0.15) is 31.4 Å². The van der Waals surface area contributed by atoms with Crippen LogP contribution in [-0.2, 0) is 10.3 Å². The van der Waals surface area contributed by atoms with Crippen molar-refractivity contribution in [2.75, 3.05) is 11.9 Å². The SMILES string of the molecule is CN1c2ccccc2C(C)(C)C12CC(c1cccc(OC(F)F)c1)=NO2. The third-order valence-corrected chi connectivity index (χ3v) is 5.56. The van der Waals surface area contributed by atoms with Gasteiger partial charge in [0.15, 0.2) is 0 Å². The Morgan fingerprint density at radius 2 is 1.92 bits per heavy atom. The highest BCUT2D eigenvalue weighted by Gasteiger charge is 2.61. The van der Waals surface area contributed by atoms with Crippen molar-refractivity contribution in [2.24, 2.45) is 5.16 Å². The van der Waals surface area contributed by atoms with Crippen LogP contribution in [0.3, 0.4) is 0 Å². The van der Waals surface area contributed by atoms with Crippen molar-refractivity contribution in [3.8, 4) is 5.75 Å². The predicted molar refractivity (Wildman–Crippen MR) is 95.9 cm³/mol. The zero-order valence-electron chi connectivity index (χ0n) is 14.9. The van der Waals surface area contributed by atoms with Crippen molar-refractivity contribution in [1.82, 2.24) is 0 Å². The molecule has 1 spiro atoms. The summed E-state index contributed by atoms with van der Waals surface area (Å²) in [5, 5.41) is 4.32. The minimum atomic E-state index is -2.85. The van der Waals surface area contributed by atoms with E-state index in [1.165, 1.54) is 11.6 Å². The summed E-state index contributed by atoms with van der Waals surface area (Å²) < 4.78 is 29.5. The molecule has 0 aliphatic carbocycles. The van der Waals surface area contributed by atoms with Crippen LogP contribution in [0.2, 0.25) is 0 Å². The van der Waals surface area contributed by atoms with E-state index in [0.717, 1.165) is 17.0 Å². The van der Waals surface area contributed by atoms with Crippen molar-refractivity contribution in [1.29, 1.82) is 0 Å². The second kappa shape index (κ2) is 5.69. The first kappa shape index (κ1) is 16.8. The molecule has 0 saturated heterocycles. The lowest BCUT2D eigenvalue weighted by molar-refractivity contribution is -0.0591. The minimum absolute atomic E-state index is 0.114. The molecule has 136 valence electrons.